The van der Waals surface area contributed by atoms with Crippen molar-refractivity contribution in [3.8, 4) is 0 Å². The van der Waals surface area contributed by atoms with Gasteiger partial charge in [-0.05, 0) is 37.4 Å². The number of hydrogen-bond acceptors (Lipinski definition) is 3. The normalized spacial score (nSPS) is 28.0. The molecule has 0 radical (unpaired) electrons. The number of carbonyl (C=O) groups is 1. The number of nitrogens with one attached hydrogen (secondary N) is 1. The molecule has 2 bridgehead atoms. The van der Waals surface area contributed by atoms with Gasteiger partial charge in [-0.3, -0.25) is 4.79 Å². The molecule has 3 atom stereocenters. The molecular weight excluding hydrogens is 288 g/mol. The van der Waals surface area contributed by atoms with E-state index in [4.69, 9.17) is 11.6 Å². The van der Waals surface area contributed by atoms with Crippen LogP contribution in [-0.4, -0.2) is 45.9 Å². The summed E-state index contributed by atoms with van der Waals surface area (Å²) in [5.74, 6) is 0.724. The average molecular weight is 305 g/mol. The van der Waals surface area contributed by atoms with Crippen LogP contribution in [0.5, 0.6) is 0 Å². The molecule has 21 heavy (non-hydrogen) atoms. The molecule has 110 valence electrons. The van der Waals surface area contributed by atoms with Gasteiger partial charge in [-0.2, -0.15) is 0 Å². The molecule has 0 spiro atoms. The molecule has 2 aromatic heterocycles. The zero-order chi connectivity index (χ0) is 14.4. The summed E-state index contributed by atoms with van der Waals surface area (Å²) in [4.78, 5) is 19.0. The predicted octanol–water partition coefficient (Wildman–Crippen LogP) is 1.81. The predicted molar refractivity (Wildman–Crippen MR) is 80.6 cm³/mol. The van der Waals surface area contributed by atoms with E-state index in [2.05, 4.69) is 15.2 Å². The number of pyridine rings is 1. The molecule has 4 rings (SSSR count). The lowest BCUT2D eigenvalue weighted by atomic mass is 9.96. The van der Waals surface area contributed by atoms with E-state index in [1.807, 2.05) is 10.6 Å². The standard InChI is InChI=1S/C15H17ClN4O/c16-13-9-20-4-2-11(6-14(20)18-13)15(21)17-12-5-10-1-3-19(7-10)8-12/h2,4,6,9-10,12H,1,3,5,7-8H2,(H,17,21)/t10-,12+/m0/s1. The third-order valence-corrected chi connectivity index (χ3v) is 4.68. The zero-order valence-electron chi connectivity index (χ0n) is 11.6. The highest BCUT2D eigenvalue weighted by atomic mass is 35.5. The first-order valence-electron chi connectivity index (χ1n) is 7.35. The molecule has 1 unspecified atom stereocenters. The Morgan fingerprint density at radius 3 is 3.19 bits per heavy atom. The number of carbonyl (C=O) groups excluding carboxylic acids is 1. The summed E-state index contributed by atoms with van der Waals surface area (Å²) in [7, 11) is 0. The number of aromatic nitrogens is 2. The molecule has 5 nitrogen and oxygen atoms in total. The lowest BCUT2D eigenvalue weighted by Crippen LogP contribution is -2.47. The summed E-state index contributed by atoms with van der Waals surface area (Å²) in [5.41, 5.74) is 1.33. The van der Waals surface area contributed by atoms with Crippen LogP contribution in [0.1, 0.15) is 23.2 Å². The van der Waals surface area contributed by atoms with Crippen LogP contribution in [0.25, 0.3) is 5.65 Å². The van der Waals surface area contributed by atoms with Gasteiger partial charge >= 0.3 is 0 Å². The smallest absolute Gasteiger partial charge is 0.251 e. The molecule has 0 aliphatic carbocycles. The monoisotopic (exact) mass is 304 g/mol. The Morgan fingerprint density at radius 2 is 2.33 bits per heavy atom. The highest BCUT2D eigenvalue weighted by Gasteiger charge is 2.32. The second-order valence-electron chi connectivity index (χ2n) is 6.06. The van der Waals surface area contributed by atoms with E-state index in [1.54, 1.807) is 18.3 Å². The van der Waals surface area contributed by atoms with Crippen molar-refractivity contribution in [2.24, 2.45) is 5.92 Å². The van der Waals surface area contributed by atoms with E-state index in [1.165, 1.54) is 19.5 Å². The Hall–Kier alpha value is -1.59. The van der Waals surface area contributed by atoms with Crippen molar-refractivity contribution < 1.29 is 4.79 Å². The number of imidazole rings is 1. The Balaban J connectivity index is 1.50. The van der Waals surface area contributed by atoms with E-state index in [-0.39, 0.29) is 11.9 Å². The molecule has 2 aromatic rings. The number of amides is 1. The van der Waals surface area contributed by atoms with E-state index >= 15 is 0 Å². The molecule has 0 aromatic carbocycles. The maximum absolute atomic E-state index is 12.4. The van der Waals surface area contributed by atoms with Gasteiger partial charge in [0, 0.05) is 37.1 Å². The van der Waals surface area contributed by atoms with Crippen molar-refractivity contribution in [1.29, 1.82) is 0 Å². The van der Waals surface area contributed by atoms with Crippen LogP contribution in [-0.2, 0) is 0 Å². The first kappa shape index (κ1) is 13.1. The van der Waals surface area contributed by atoms with Crippen LogP contribution in [0.2, 0.25) is 5.15 Å². The summed E-state index contributed by atoms with van der Waals surface area (Å²) in [5, 5.41) is 3.59. The molecular formula is C15H17ClN4O. The van der Waals surface area contributed by atoms with Crippen LogP contribution in [0.3, 0.4) is 0 Å². The minimum Gasteiger partial charge on any atom is -0.348 e. The number of hydrogen-bond donors (Lipinski definition) is 1. The van der Waals surface area contributed by atoms with Crippen LogP contribution < -0.4 is 5.32 Å². The molecule has 4 heterocycles. The van der Waals surface area contributed by atoms with Crippen LogP contribution in [0, 0.1) is 5.92 Å². The van der Waals surface area contributed by atoms with Crippen LogP contribution >= 0.6 is 11.6 Å². The van der Waals surface area contributed by atoms with Crippen molar-refractivity contribution in [3.63, 3.8) is 0 Å². The van der Waals surface area contributed by atoms with E-state index < -0.39 is 0 Å². The van der Waals surface area contributed by atoms with Gasteiger partial charge in [-0.15, -0.1) is 0 Å². The second kappa shape index (κ2) is 5.00. The number of halogens is 1. The number of rotatable bonds is 2. The Labute approximate surface area is 127 Å². The van der Waals surface area contributed by atoms with E-state index in [0.717, 1.165) is 18.9 Å². The van der Waals surface area contributed by atoms with Gasteiger partial charge in [0.05, 0.1) is 0 Å². The summed E-state index contributed by atoms with van der Waals surface area (Å²) in [6, 6.07) is 3.84. The third kappa shape index (κ3) is 2.51. The molecule has 0 saturated carbocycles. The maximum Gasteiger partial charge on any atom is 0.251 e. The lowest BCUT2D eigenvalue weighted by molar-refractivity contribution is 0.0909. The molecule has 6 heteroatoms. The van der Waals surface area contributed by atoms with Gasteiger partial charge in [0.15, 0.2) is 0 Å². The molecule has 1 N–H and O–H groups in total. The fraction of sp³-hybridized carbons (Fsp3) is 0.467. The summed E-state index contributed by atoms with van der Waals surface area (Å²) >= 11 is 5.87. The maximum atomic E-state index is 12.4. The van der Waals surface area contributed by atoms with Crippen molar-refractivity contribution in [3.05, 3.63) is 35.2 Å². The van der Waals surface area contributed by atoms with E-state index in [9.17, 15) is 4.79 Å². The van der Waals surface area contributed by atoms with Crippen molar-refractivity contribution in [1.82, 2.24) is 19.6 Å². The fourth-order valence-corrected chi connectivity index (χ4v) is 3.72. The molecule has 2 aliphatic rings. The second-order valence-corrected chi connectivity index (χ2v) is 6.45. The molecule has 2 saturated heterocycles. The molecule has 1 amide bonds. The largest absolute Gasteiger partial charge is 0.348 e. The van der Waals surface area contributed by atoms with Gasteiger partial charge in [0.2, 0.25) is 0 Å². The first-order valence-corrected chi connectivity index (χ1v) is 7.72. The number of nitrogens with zero attached hydrogens (tertiary/aromatic N) is 3. The highest BCUT2D eigenvalue weighted by Crippen LogP contribution is 2.26. The van der Waals surface area contributed by atoms with Crippen molar-refractivity contribution >= 4 is 23.2 Å². The van der Waals surface area contributed by atoms with Gasteiger partial charge in [0.25, 0.3) is 5.91 Å². The number of piperidine rings is 1. The van der Waals surface area contributed by atoms with Gasteiger partial charge in [-0.1, -0.05) is 11.6 Å². The molecule has 2 fully saturated rings. The quantitative estimate of drug-likeness (QED) is 0.920. The summed E-state index contributed by atoms with van der Waals surface area (Å²) in [6.45, 7) is 3.35. The minimum atomic E-state index is -0.0240. The SMILES string of the molecule is O=C(N[C@@H]1C[C@@H]2CCN(C2)C1)c1ccn2cc(Cl)nc2c1. The van der Waals surface area contributed by atoms with Crippen molar-refractivity contribution in [2.75, 3.05) is 19.6 Å². The van der Waals surface area contributed by atoms with Crippen molar-refractivity contribution in [2.45, 2.75) is 18.9 Å². The number of fused-ring (bicyclic) bond motifs is 3. The van der Waals surface area contributed by atoms with Gasteiger partial charge in [0.1, 0.15) is 10.8 Å². The Morgan fingerprint density at radius 1 is 1.43 bits per heavy atom. The average Bonchev–Trinajstić information content (AvgIpc) is 2.99. The van der Waals surface area contributed by atoms with Gasteiger partial charge in [-0.25, -0.2) is 4.98 Å². The summed E-state index contributed by atoms with van der Waals surface area (Å²) < 4.78 is 1.81. The summed E-state index contributed by atoms with van der Waals surface area (Å²) in [6.07, 6.45) is 5.91. The lowest BCUT2D eigenvalue weighted by Gasteiger charge is -2.30. The van der Waals surface area contributed by atoms with Crippen LogP contribution in [0.15, 0.2) is 24.5 Å². The van der Waals surface area contributed by atoms with Gasteiger partial charge < -0.3 is 14.6 Å². The Kier molecular flexibility index (Phi) is 3.12. The van der Waals surface area contributed by atoms with Crippen LogP contribution in [0.4, 0.5) is 0 Å². The Bertz CT molecular complexity index is 686. The third-order valence-electron chi connectivity index (χ3n) is 4.49. The first-order chi connectivity index (χ1) is 10.2. The molecule has 2 aliphatic heterocycles. The topological polar surface area (TPSA) is 49.6 Å². The zero-order valence-corrected chi connectivity index (χ0v) is 12.4. The van der Waals surface area contributed by atoms with E-state index in [0.29, 0.717) is 16.4 Å². The minimum absolute atomic E-state index is 0.0240. The fourth-order valence-electron chi connectivity index (χ4n) is 3.53. The highest BCUT2D eigenvalue weighted by molar-refractivity contribution is 6.29.